The van der Waals surface area contributed by atoms with Crippen molar-refractivity contribution in [2.45, 2.75) is 25.7 Å². The molecule has 4 aromatic rings. The van der Waals surface area contributed by atoms with E-state index in [0.717, 1.165) is 45.2 Å². The summed E-state index contributed by atoms with van der Waals surface area (Å²) in [5.41, 5.74) is 6.01. The molecule has 5 rings (SSSR count). The van der Waals surface area contributed by atoms with E-state index in [1.807, 2.05) is 53.9 Å². The first-order chi connectivity index (χ1) is 15.5. The highest BCUT2D eigenvalue weighted by Gasteiger charge is 2.31. The number of ketones is 1. The Balaban J connectivity index is 1.63. The van der Waals surface area contributed by atoms with Gasteiger partial charge in [-0.3, -0.25) is 4.79 Å². The van der Waals surface area contributed by atoms with Gasteiger partial charge in [-0.1, -0.05) is 29.8 Å². The number of fused-ring (bicyclic) bond motifs is 3. The molecule has 1 atom stereocenters. The Morgan fingerprint density at radius 1 is 1.06 bits per heavy atom. The van der Waals surface area contributed by atoms with E-state index < -0.39 is 0 Å². The molecular weight excluding hydrogens is 426 g/mol. The van der Waals surface area contributed by atoms with Crippen molar-refractivity contribution in [2.75, 3.05) is 14.2 Å². The van der Waals surface area contributed by atoms with Crippen LogP contribution in [0.5, 0.6) is 11.5 Å². The van der Waals surface area contributed by atoms with Crippen LogP contribution in [0.25, 0.3) is 16.8 Å². The fourth-order valence-electron chi connectivity index (χ4n) is 4.54. The van der Waals surface area contributed by atoms with Crippen molar-refractivity contribution in [3.8, 4) is 22.6 Å². The summed E-state index contributed by atoms with van der Waals surface area (Å²) in [7, 11) is 3.26. The average molecular weight is 448 g/mol. The maximum atomic E-state index is 13.1. The molecule has 0 unspecified atom stereocenters. The molecule has 2 heterocycles. The van der Waals surface area contributed by atoms with Crippen molar-refractivity contribution in [2.24, 2.45) is 0 Å². The van der Waals surface area contributed by atoms with E-state index in [-0.39, 0.29) is 11.7 Å². The molecule has 0 spiro atoms. The van der Waals surface area contributed by atoms with Crippen molar-refractivity contribution >= 4 is 23.0 Å². The van der Waals surface area contributed by atoms with Gasteiger partial charge in [0.05, 0.1) is 31.2 Å². The van der Waals surface area contributed by atoms with E-state index in [0.29, 0.717) is 23.4 Å². The first kappa shape index (κ1) is 20.5. The van der Waals surface area contributed by atoms with Crippen molar-refractivity contribution in [1.29, 1.82) is 0 Å². The molecule has 1 aliphatic carbocycles. The predicted molar refractivity (Wildman–Crippen MR) is 123 cm³/mol. The van der Waals surface area contributed by atoms with E-state index in [9.17, 15) is 4.79 Å². The lowest BCUT2D eigenvalue weighted by atomic mass is 9.81. The number of nitrogens with zero attached hydrogens (tertiary/aromatic N) is 3. The van der Waals surface area contributed by atoms with Crippen molar-refractivity contribution in [1.82, 2.24) is 14.6 Å². The number of carbonyl (C=O) groups excluding carboxylic acids is 1. The molecule has 0 radical (unpaired) electrons. The molecule has 7 heteroatoms. The first-order valence-electron chi connectivity index (χ1n) is 10.4. The van der Waals surface area contributed by atoms with E-state index >= 15 is 0 Å². The SMILES string of the molecule is COc1ccc([C@@H]2CC(=O)c3cnc4c(-c5ccc(Cl)cc5)c(C)nn4c3C2)c(OC)c1. The van der Waals surface area contributed by atoms with Gasteiger partial charge in [-0.05, 0) is 42.7 Å². The lowest BCUT2D eigenvalue weighted by Gasteiger charge is -2.25. The molecule has 0 bridgehead atoms. The van der Waals surface area contributed by atoms with Gasteiger partial charge in [0, 0.05) is 35.2 Å². The fraction of sp³-hybridized carbons (Fsp3) is 0.240. The third kappa shape index (κ3) is 3.31. The maximum Gasteiger partial charge on any atom is 0.166 e. The standard InChI is InChI=1S/C25H22ClN3O3/c1-14-24(15-4-6-17(26)7-5-15)25-27-13-20-21(29(25)28-14)10-16(11-22(20)30)19-9-8-18(31-2)12-23(19)32-3/h4-9,12-13,16H,10-11H2,1-3H3/t16-/m0/s1. The van der Waals surface area contributed by atoms with E-state index in [1.165, 1.54) is 0 Å². The lowest BCUT2D eigenvalue weighted by molar-refractivity contribution is 0.0961. The van der Waals surface area contributed by atoms with Crippen LogP contribution >= 0.6 is 11.6 Å². The van der Waals surface area contributed by atoms with Crippen LogP contribution in [-0.4, -0.2) is 34.6 Å². The molecule has 1 aliphatic rings. The molecule has 0 amide bonds. The Labute approximate surface area is 190 Å². The molecular formula is C25H22ClN3O3. The van der Waals surface area contributed by atoms with Crippen LogP contribution in [0, 0.1) is 6.92 Å². The van der Waals surface area contributed by atoms with E-state index in [2.05, 4.69) is 4.98 Å². The Kier molecular flexibility index (Phi) is 5.10. The van der Waals surface area contributed by atoms with Gasteiger partial charge in [0.15, 0.2) is 11.4 Å². The number of ether oxygens (including phenoxy) is 2. The number of methoxy groups -OCH3 is 2. The average Bonchev–Trinajstić information content (AvgIpc) is 3.15. The molecule has 32 heavy (non-hydrogen) atoms. The van der Waals surface area contributed by atoms with Gasteiger partial charge < -0.3 is 9.47 Å². The van der Waals surface area contributed by atoms with Crippen LogP contribution in [0.1, 0.15) is 39.6 Å². The Morgan fingerprint density at radius 3 is 2.56 bits per heavy atom. The number of aryl methyl sites for hydroxylation is 1. The quantitative estimate of drug-likeness (QED) is 0.425. The molecule has 0 saturated carbocycles. The minimum absolute atomic E-state index is 0.0232. The van der Waals surface area contributed by atoms with Crippen molar-refractivity contribution < 1.29 is 14.3 Å². The zero-order valence-corrected chi connectivity index (χ0v) is 18.8. The molecule has 2 aromatic carbocycles. The van der Waals surface area contributed by atoms with Crippen LogP contribution in [0.4, 0.5) is 0 Å². The second-order valence-electron chi connectivity index (χ2n) is 7.96. The number of Topliss-reactive ketones (excluding diaryl/α,β-unsaturated/α-hetero) is 1. The largest absolute Gasteiger partial charge is 0.497 e. The van der Waals surface area contributed by atoms with E-state index in [4.69, 9.17) is 26.2 Å². The van der Waals surface area contributed by atoms with Crippen LogP contribution in [0.15, 0.2) is 48.7 Å². The number of benzene rings is 2. The van der Waals surface area contributed by atoms with Gasteiger partial charge in [0.2, 0.25) is 0 Å². The number of aromatic nitrogens is 3. The number of rotatable bonds is 4. The number of carbonyl (C=O) groups is 1. The van der Waals surface area contributed by atoms with Gasteiger partial charge >= 0.3 is 0 Å². The topological polar surface area (TPSA) is 65.7 Å². The van der Waals surface area contributed by atoms with Gasteiger partial charge in [-0.25, -0.2) is 9.50 Å². The second-order valence-corrected chi connectivity index (χ2v) is 8.39. The highest BCUT2D eigenvalue weighted by Crippen LogP contribution is 2.39. The minimum atomic E-state index is -0.0232. The lowest BCUT2D eigenvalue weighted by Crippen LogP contribution is -2.23. The highest BCUT2D eigenvalue weighted by atomic mass is 35.5. The number of hydrogen-bond donors (Lipinski definition) is 0. The van der Waals surface area contributed by atoms with Crippen LogP contribution in [0.2, 0.25) is 5.02 Å². The predicted octanol–water partition coefficient (Wildman–Crippen LogP) is 5.29. The summed E-state index contributed by atoms with van der Waals surface area (Å²) < 4.78 is 12.8. The minimum Gasteiger partial charge on any atom is -0.497 e. The molecule has 6 nitrogen and oxygen atoms in total. The monoisotopic (exact) mass is 447 g/mol. The molecule has 2 aromatic heterocycles. The summed E-state index contributed by atoms with van der Waals surface area (Å²) in [6, 6.07) is 13.4. The molecule has 0 saturated heterocycles. The highest BCUT2D eigenvalue weighted by molar-refractivity contribution is 6.30. The summed E-state index contributed by atoms with van der Waals surface area (Å²) in [5, 5.41) is 5.45. The van der Waals surface area contributed by atoms with Crippen LogP contribution in [0.3, 0.4) is 0 Å². The van der Waals surface area contributed by atoms with E-state index in [1.54, 1.807) is 20.4 Å². The molecule has 162 valence electrons. The molecule has 0 fully saturated rings. The third-order valence-electron chi connectivity index (χ3n) is 6.10. The zero-order chi connectivity index (χ0) is 22.4. The summed E-state index contributed by atoms with van der Waals surface area (Å²) in [6.45, 7) is 1.96. The Morgan fingerprint density at radius 2 is 1.84 bits per heavy atom. The second kappa shape index (κ2) is 7.95. The van der Waals surface area contributed by atoms with Gasteiger partial charge in [0.25, 0.3) is 0 Å². The van der Waals surface area contributed by atoms with Crippen molar-refractivity contribution in [3.05, 3.63) is 76.2 Å². The van der Waals surface area contributed by atoms with Gasteiger partial charge in [-0.15, -0.1) is 0 Å². The Bertz CT molecular complexity index is 1350. The Hall–Kier alpha value is -3.38. The smallest absolute Gasteiger partial charge is 0.166 e. The first-order valence-corrected chi connectivity index (χ1v) is 10.8. The van der Waals surface area contributed by atoms with Crippen LogP contribution < -0.4 is 9.47 Å². The summed E-state index contributed by atoms with van der Waals surface area (Å²) in [6.07, 6.45) is 2.74. The summed E-state index contributed by atoms with van der Waals surface area (Å²) in [4.78, 5) is 17.7. The molecule has 0 N–H and O–H groups in total. The zero-order valence-electron chi connectivity index (χ0n) is 18.1. The number of hydrogen-bond acceptors (Lipinski definition) is 5. The summed E-state index contributed by atoms with van der Waals surface area (Å²) >= 11 is 6.07. The summed E-state index contributed by atoms with van der Waals surface area (Å²) in [5.74, 6) is 1.47. The van der Waals surface area contributed by atoms with Crippen LogP contribution in [-0.2, 0) is 6.42 Å². The number of halogens is 1. The van der Waals surface area contributed by atoms with Crippen molar-refractivity contribution in [3.63, 3.8) is 0 Å². The maximum absolute atomic E-state index is 13.1. The van der Waals surface area contributed by atoms with Gasteiger partial charge in [-0.2, -0.15) is 5.10 Å². The fourth-order valence-corrected chi connectivity index (χ4v) is 4.66. The molecule has 0 aliphatic heterocycles. The third-order valence-corrected chi connectivity index (χ3v) is 6.36. The van der Waals surface area contributed by atoms with Gasteiger partial charge in [0.1, 0.15) is 11.5 Å². The normalized spacial score (nSPS) is 15.6.